The van der Waals surface area contributed by atoms with Crippen molar-refractivity contribution in [1.82, 2.24) is 4.90 Å². The third-order valence-corrected chi connectivity index (χ3v) is 3.35. The normalized spacial score (nSPS) is 24.3. The van der Waals surface area contributed by atoms with Gasteiger partial charge in [-0.15, -0.1) is 0 Å². The highest BCUT2D eigenvalue weighted by Crippen LogP contribution is 2.17. The Balaban J connectivity index is 2.07. The van der Waals surface area contributed by atoms with Gasteiger partial charge in [-0.1, -0.05) is 24.3 Å². The number of nitrogens with zero attached hydrogens (tertiary/aromatic N) is 1. The minimum atomic E-state index is -0.781. The van der Waals surface area contributed by atoms with Gasteiger partial charge in [0.05, 0.1) is 18.6 Å². The molecule has 0 bridgehead atoms. The van der Waals surface area contributed by atoms with Crippen LogP contribution in [0.4, 0.5) is 0 Å². The van der Waals surface area contributed by atoms with E-state index in [1.165, 1.54) is 0 Å². The summed E-state index contributed by atoms with van der Waals surface area (Å²) >= 11 is 0. The quantitative estimate of drug-likeness (QED) is 0.901. The smallest absolute Gasteiger partial charge is 0.307 e. The Hall–Kier alpha value is -1.39. The molecule has 1 fully saturated rings. The molecule has 1 aliphatic rings. The number of carboxylic acid groups (broad SMARTS) is 1. The maximum absolute atomic E-state index is 10.9. The van der Waals surface area contributed by atoms with Crippen LogP contribution in [-0.2, 0) is 22.5 Å². The van der Waals surface area contributed by atoms with Gasteiger partial charge in [0.1, 0.15) is 0 Å². The molecule has 0 aliphatic carbocycles. The molecular weight excluding hydrogens is 242 g/mol. The number of benzene rings is 1. The van der Waals surface area contributed by atoms with E-state index in [0.29, 0.717) is 0 Å². The van der Waals surface area contributed by atoms with E-state index in [2.05, 4.69) is 18.7 Å². The van der Waals surface area contributed by atoms with Crippen LogP contribution < -0.4 is 0 Å². The minimum absolute atomic E-state index is 0.0889. The predicted molar refractivity (Wildman–Crippen MR) is 73.1 cm³/mol. The zero-order valence-electron chi connectivity index (χ0n) is 11.5. The molecule has 0 aromatic heterocycles. The maximum atomic E-state index is 10.9. The summed E-state index contributed by atoms with van der Waals surface area (Å²) in [4.78, 5) is 13.2. The molecule has 1 saturated heterocycles. The fourth-order valence-corrected chi connectivity index (χ4v) is 2.70. The van der Waals surface area contributed by atoms with Gasteiger partial charge in [0.2, 0.25) is 0 Å². The van der Waals surface area contributed by atoms with Gasteiger partial charge in [-0.3, -0.25) is 9.69 Å². The average Bonchev–Trinajstić information content (AvgIpc) is 2.29. The highest BCUT2D eigenvalue weighted by atomic mass is 16.5. The Bertz CT molecular complexity index is 437. The first-order chi connectivity index (χ1) is 9.04. The molecule has 0 unspecified atom stereocenters. The summed E-state index contributed by atoms with van der Waals surface area (Å²) in [7, 11) is 0. The van der Waals surface area contributed by atoms with Crippen molar-refractivity contribution in [3.05, 3.63) is 35.4 Å². The zero-order chi connectivity index (χ0) is 13.8. The number of hydrogen-bond acceptors (Lipinski definition) is 3. The van der Waals surface area contributed by atoms with E-state index in [9.17, 15) is 4.79 Å². The van der Waals surface area contributed by atoms with Crippen LogP contribution in [0.5, 0.6) is 0 Å². The summed E-state index contributed by atoms with van der Waals surface area (Å²) in [6.45, 7) is 6.73. The van der Waals surface area contributed by atoms with E-state index in [0.717, 1.165) is 30.8 Å². The number of rotatable bonds is 4. The van der Waals surface area contributed by atoms with E-state index in [1.807, 2.05) is 24.3 Å². The molecule has 0 saturated carbocycles. The van der Waals surface area contributed by atoms with Crippen LogP contribution in [0.3, 0.4) is 0 Å². The van der Waals surface area contributed by atoms with Crippen molar-refractivity contribution >= 4 is 5.97 Å². The Morgan fingerprint density at radius 2 is 1.84 bits per heavy atom. The standard InChI is InChI=1S/C15H21NO3/c1-11-8-16(9-12(2)19-11)10-14-6-4-3-5-13(14)7-15(17)18/h3-6,11-12H,7-10H2,1-2H3,(H,17,18)/t11-,12+. The number of ether oxygens (including phenoxy) is 1. The van der Waals surface area contributed by atoms with Crippen molar-refractivity contribution in [3.8, 4) is 0 Å². The maximum Gasteiger partial charge on any atom is 0.307 e. The van der Waals surface area contributed by atoms with Gasteiger partial charge in [0.15, 0.2) is 0 Å². The van der Waals surface area contributed by atoms with Crippen LogP contribution in [0.1, 0.15) is 25.0 Å². The van der Waals surface area contributed by atoms with Crippen molar-refractivity contribution in [3.63, 3.8) is 0 Å². The van der Waals surface area contributed by atoms with Crippen LogP contribution >= 0.6 is 0 Å². The van der Waals surface area contributed by atoms with Gasteiger partial charge in [-0.05, 0) is 25.0 Å². The Morgan fingerprint density at radius 1 is 1.26 bits per heavy atom. The molecule has 104 valence electrons. The molecule has 4 nitrogen and oxygen atoms in total. The number of hydrogen-bond donors (Lipinski definition) is 1. The van der Waals surface area contributed by atoms with E-state index in [1.54, 1.807) is 0 Å². The van der Waals surface area contributed by atoms with Crippen LogP contribution in [0, 0.1) is 0 Å². The zero-order valence-corrected chi connectivity index (χ0v) is 11.5. The Labute approximate surface area is 114 Å². The van der Waals surface area contributed by atoms with Crippen molar-refractivity contribution in [2.45, 2.75) is 39.0 Å². The lowest BCUT2D eigenvalue weighted by Gasteiger charge is -2.35. The van der Waals surface area contributed by atoms with Crippen molar-refractivity contribution in [2.24, 2.45) is 0 Å². The molecule has 0 radical (unpaired) electrons. The van der Waals surface area contributed by atoms with E-state index in [-0.39, 0.29) is 18.6 Å². The molecular formula is C15H21NO3. The molecule has 4 heteroatoms. The number of carboxylic acids is 1. The molecule has 1 heterocycles. The van der Waals surface area contributed by atoms with Crippen molar-refractivity contribution < 1.29 is 14.6 Å². The number of aliphatic carboxylic acids is 1. The van der Waals surface area contributed by atoms with Gasteiger partial charge >= 0.3 is 5.97 Å². The fraction of sp³-hybridized carbons (Fsp3) is 0.533. The minimum Gasteiger partial charge on any atom is -0.481 e. The second-order valence-corrected chi connectivity index (χ2v) is 5.29. The summed E-state index contributed by atoms with van der Waals surface area (Å²) in [5.74, 6) is -0.781. The first-order valence-corrected chi connectivity index (χ1v) is 6.71. The predicted octanol–water partition coefficient (Wildman–Crippen LogP) is 1.92. The molecule has 2 atom stereocenters. The summed E-state index contributed by atoms with van der Waals surface area (Å²) in [6.07, 6.45) is 0.553. The van der Waals surface area contributed by atoms with Crippen LogP contribution in [0.2, 0.25) is 0 Å². The number of morpholine rings is 1. The van der Waals surface area contributed by atoms with E-state index in [4.69, 9.17) is 9.84 Å². The third kappa shape index (κ3) is 4.04. The molecule has 1 aromatic carbocycles. The Kier molecular flexibility index (Phi) is 4.56. The second-order valence-electron chi connectivity index (χ2n) is 5.29. The molecule has 1 aliphatic heterocycles. The van der Waals surface area contributed by atoms with Crippen LogP contribution in [0.15, 0.2) is 24.3 Å². The fourth-order valence-electron chi connectivity index (χ4n) is 2.70. The van der Waals surface area contributed by atoms with Gasteiger partial charge in [0.25, 0.3) is 0 Å². The van der Waals surface area contributed by atoms with E-state index < -0.39 is 5.97 Å². The lowest BCUT2D eigenvalue weighted by Crippen LogP contribution is -2.44. The molecule has 0 amide bonds. The lowest BCUT2D eigenvalue weighted by molar-refractivity contribution is -0.136. The molecule has 2 rings (SSSR count). The first kappa shape index (κ1) is 14.0. The summed E-state index contributed by atoms with van der Waals surface area (Å²) < 4.78 is 5.71. The first-order valence-electron chi connectivity index (χ1n) is 6.71. The van der Waals surface area contributed by atoms with E-state index >= 15 is 0 Å². The van der Waals surface area contributed by atoms with Gasteiger partial charge in [-0.25, -0.2) is 0 Å². The van der Waals surface area contributed by atoms with Gasteiger partial charge in [-0.2, -0.15) is 0 Å². The highest BCUT2D eigenvalue weighted by Gasteiger charge is 2.22. The highest BCUT2D eigenvalue weighted by molar-refractivity contribution is 5.70. The SMILES string of the molecule is C[C@@H]1CN(Cc2ccccc2CC(=O)O)C[C@H](C)O1. The topological polar surface area (TPSA) is 49.8 Å². The number of carbonyl (C=O) groups is 1. The molecule has 1 N–H and O–H groups in total. The molecule has 1 aromatic rings. The summed E-state index contributed by atoms with van der Waals surface area (Å²) in [6, 6.07) is 7.78. The third-order valence-electron chi connectivity index (χ3n) is 3.35. The lowest BCUT2D eigenvalue weighted by atomic mass is 10.0. The van der Waals surface area contributed by atoms with Gasteiger partial charge in [0, 0.05) is 19.6 Å². The second kappa shape index (κ2) is 6.17. The van der Waals surface area contributed by atoms with Crippen LogP contribution in [-0.4, -0.2) is 41.3 Å². The molecule has 0 spiro atoms. The van der Waals surface area contributed by atoms with Crippen molar-refractivity contribution in [2.75, 3.05) is 13.1 Å². The monoisotopic (exact) mass is 263 g/mol. The van der Waals surface area contributed by atoms with Crippen molar-refractivity contribution in [1.29, 1.82) is 0 Å². The largest absolute Gasteiger partial charge is 0.481 e. The van der Waals surface area contributed by atoms with Crippen LogP contribution in [0.25, 0.3) is 0 Å². The molecule has 19 heavy (non-hydrogen) atoms. The summed E-state index contributed by atoms with van der Waals surface area (Å²) in [5.41, 5.74) is 2.01. The summed E-state index contributed by atoms with van der Waals surface area (Å²) in [5, 5.41) is 8.95. The Morgan fingerprint density at radius 3 is 2.42 bits per heavy atom. The average molecular weight is 263 g/mol. The van der Waals surface area contributed by atoms with Gasteiger partial charge < -0.3 is 9.84 Å².